The molecule has 1 aromatic heterocycles. The van der Waals surface area contributed by atoms with Gasteiger partial charge in [0.15, 0.2) is 5.56 Å². The Kier molecular flexibility index (Phi) is 4.39. The number of nitrogens with one attached hydrogen (secondary N) is 3. The number of amides is 1. The van der Waals surface area contributed by atoms with Crippen molar-refractivity contribution in [3.63, 3.8) is 0 Å². The van der Waals surface area contributed by atoms with E-state index in [1.54, 1.807) is 9.97 Å². The summed E-state index contributed by atoms with van der Waals surface area (Å²) in [5.41, 5.74) is -4.68. The number of anilines is 1. The molecular weight excluding hydrogens is 371 g/mol. The minimum Gasteiger partial charge on any atom is -0.494 e. The number of azo groups is 1. The van der Waals surface area contributed by atoms with Crippen LogP contribution in [0.3, 0.4) is 0 Å². The Balaban J connectivity index is 2.02. The van der Waals surface area contributed by atoms with Gasteiger partial charge in [0.1, 0.15) is 0 Å². The first-order valence-electron chi connectivity index (χ1n) is 7.33. The van der Waals surface area contributed by atoms with Crippen LogP contribution in [0.25, 0.3) is 5.70 Å². The molecule has 27 heavy (non-hydrogen) atoms. The van der Waals surface area contributed by atoms with Crippen molar-refractivity contribution in [3.05, 3.63) is 61.8 Å². The number of H-pyrrole nitrogens is 2. The van der Waals surface area contributed by atoms with Crippen molar-refractivity contribution >= 4 is 17.3 Å². The Morgan fingerprint density at radius 1 is 1.22 bits per heavy atom. The number of rotatable bonds is 3. The first-order chi connectivity index (χ1) is 12.7. The fourth-order valence-corrected chi connectivity index (χ4v) is 2.38. The second-order valence-electron chi connectivity index (χ2n) is 5.36. The Labute approximate surface area is 147 Å². The summed E-state index contributed by atoms with van der Waals surface area (Å²) in [6.45, 7) is 0.253. The summed E-state index contributed by atoms with van der Waals surface area (Å²) in [6, 6.07) is 3.06. The number of hydrogen-bond acceptors (Lipinski definition) is 6. The van der Waals surface area contributed by atoms with Crippen molar-refractivity contribution in [2.24, 2.45) is 10.2 Å². The van der Waals surface area contributed by atoms with E-state index in [4.69, 9.17) is 0 Å². The lowest BCUT2D eigenvalue weighted by Gasteiger charge is -2.15. The fourth-order valence-electron chi connectivity index (χ4n) is 2.38. The Morgan fingerprint density at radius 3 is 2.56 bits per heavy atom. The Hall–Kier alpha value is -3.70. The zero-order valence-electron chi connectivity index (χ0n) is 13.2. The number of alkyl halides is 3. The van der Waals surface area contributed by atoms with Crippen LogP contribution in [0.4, 0.5) is 18.9 Å². The third-order valence-electron chi connectivity index (χ3n) is 3.56. The minimum atomic E-state index is -4.83. The molecule has 0 spiro atoms. The van der Waals surface area contributed by atoms with Crippen LogP contribution in [-0.2, 0) is 6.18 Å². The van der Waals surface area contributed by atoms with E-state index >= 15 is 0 Å². The van der Waals surface area contributed by atoms with Gasteiger partial charge in [-0.25, -0.2) is 4.79 Å². The van der Waals surface area contributed by atoms with Gasteiger partial charge >= 0.3 is 11.9 Å². The SMILES string of the molecule is O=C(Nc1ccc(C2=CCN=N2)cc1C(F)(F)F)c1c(O)[nH]c(=O)[nH]c1=O. The van der Waals surface area contributed by atoms with Gasteiger partial charge in [-0.05, 0) is 18.2 Å². The molecule has 0 aliphatic carbocycles. The van der Waals surface area contributed by atoms with E-state index < -0.39 is 46.0 Å². The van der Waals surface area contributed by atoms with Crippen LogP contribution < -0.4 is 16.6 Å². The zero-order valence-corrected chi connectivity index (χ0v) is 13.2. The summed E-state index contributed by atoms with van der Waals surface area (Å²) in [4.78, 5) is 38.3. The van der Waals surface area contributed by atoms with Crippen LogP contribution in [0.15, 0.2) is 44.1 Å². The molecule has 4 N–H and O–H groups in total. The van der Waals surface area contributed by atoms with Gasteiger partial charge in [-0.3, -0.25) is 19.6 Å². The normalized spacial score (nSPS) is 13.5. The van der Waals surface area contributed by atoms with Crippen LogP contribution in [0.1, 0.15) is 21.5 Å². The largest absolute Gasteiger partial charge is 0.494 e. The van der Waals surface area contributed by atoms with Gasteiger partial charge in [0.2, 0.25) is 5.88 Å². The van der Waals surface area contributed by atoms with Gasteiger partial charge in [-0.1, -0.05) is 6.07 Å². The number of halogens is 3. The van der Waals surface area contributed by atoms with Gasteiger partial charge in [-0.15, -0.1) is 0 Å². The van der Waals surface area contributed by atoms with Crippen LogP contribution in [0, 0.1) is 0 Å². The predicted molar refractivity (Wildman–Crippen MR) is 86.4 cm³/mol. The van der Waals surface area contributed by atoms with Gasteiger partial charge in [-0.2, -0.15) is 23.4 Å². The zero-order chi connectivity index (χ0) is 19.8. The summed E-state index contributed by atoms with van der Waals surface area (Å²) < 4.78 is 40.2. The van der Waals surface area contributed by atoms with Crippen LogP contribution in [-0.4, -0.2) is 27.5 Å². The molecule has 0 atom stereocenters. The molecule has 0 fully saturated rings. The maximum Gasteiger partial charge on any atom is 0.418 e. The van der Waals surface area contributed by atoms with Gasteiger partial charge in [0.25, 0.3) is 11.5 Å². The highest BCUT2D eigenvalue weighted by molar-refractivity contribution is 6.06. The van der Waals surface area contributed by atoms with E-state index in [1.807, 2.05) is 5.32 Å². The van der Waals surface area contributed by atoms with Crippen molar-refractivity contribution < 1.29 is 23.1 Å². The van der Waals surface area contributed by atoms with E-state index in [0.717, 1.165) is 12.1 Å². The number of carbonyl (C=O) groups is 1. The van der Waals surface area contributed by atoms with Crippen molar-refractivity contribution in [1.29, 1.82) is 0 Å². The van der Waals surface area contributed by atoms with Crippen LogP contribution in [0.2, 0.25) is 0 Å². The number of aromatic nitrogens is 2. The lowest BCUT2D eigenvalue weighted by Crippen LogP contribution is -2.30. The molecular formula is C15H10F3N5O4. The molecule has 0 bridgehead atoms. The average molecular weight is 381 g/mol. The second-order valence-corrected chi connectivity index (χ2v) is 5.36. The van der Waals surface area contributed by atoms with Gasteiger partial charge in [0, 0.05) is 5.56 Å². The molecule has 12 heteroatoms. The standard InChI is InChI=1S/C15H10F3N5O4/c16-15(17,18)7-5-6(8-3-4-19-23-8)1-2-9(7)20-11(24)10-12(25)21-14(27)22-13(10)26/h1-3,5H,4H2,(H,20,24)(H3,21,22,25,26,27). The maximum absolute atomic E-state index is 13.4. The topological polar surface area (TPSA) is 140 Å². The highest BCUT2D eigenvalue weighted by Crippen LogP contribution is 2.37. The maximum atomic E-state index is 13.4. The first kappa shape index (κ1) is 18.1. The summed E-state index contributed by atoms with van der Waals surface area (Å²) in [5, 5.41) is 18.8. The van der Waals surface area contributed by atoms with E-state index in [0.29, 0.717) is 0 Å². The molecule has 0 saturated heterocycles. The molecule has 1 aliphatic heterocycles. The van der Waals surface area contributed by atoms with Crippen molar-refractivity contribution in [2.45, 2.75) is 6.18 Å². The monoisotopic (exact) mass is 381 g/mol. The predicted octanol–water partition coefficient (Wildman–Crippen LogP) is 1.85. The van der Waals surface area contributed by atoms with Crippen molar-refractivity contribution in [2.75, 3.05) is 11.9 Å². The quantitative estimate of drug-likeness (QED) is 0.644. The molecule has 2 aromatic rings. The van der Waals surface area contributed by atoms with Crippen molar-refractivity contribution in [1.82, 2.24) is 9.97 Å². The lowest BCUT2D eigenvalue weighted by atomic mass is 10.1. The van der Waals surface area contributed by atoms with Gasteiger partial charge in [0.05, 0.1) is 23.5 Å². The number of carbonyl (C=O) groups excluding carboxylic acids is 1. The summed E-state index contributed by atoms with van der Waals surface area (Å²) in [7, 11) is 0. The smallest absolute Gasteiger partial charge is 0.418 e. The molecule has 1 aromatic carbocycles. The fraction of sp³-hybridized carbons (Fsp3) is 0.133. The molecule has 3 rings (SSSR count). The second kappa shape index (κ2) is 6.55. The third-order valence-corrected chi connectivity index (χ3v) is 3.56. The molecule has 1 aliphatic rings. The number of nitrogens with zero attached hydrogens (tertiary/aromatic N) is 2. The highest BCUT2D eigenvalue weighted by atomic mass is 19.4. The number of hydrogen-bond donors (Lipinski definition) is 4. The molecule has 2 heterocycles. The summed E-state index contributed by atoms with van der Waals surface area (Å²) >= 11 is 0. The molecule has 1 amide bonds. The highest BCUT2D eigenvalue weighted by Gasteiger charge is 2.35. The lowest BCUT2D eigenvalue weighted by molar-refractivity contribution is -0.136. The van der Waals surface area contributed by atoms with E-state index in [2.05, 4.69) is 10.2 Å². The van der Waals surface area contributed by atoms with Crippen LogP contribution >= 0.6 is 0 Å². The molecule has 9 nitrogen and oxygen atoms in total. The molecule has 0 radical (unpaired) electrons. The van der Waals surface area contributed by atoms with E-state index in [-0.39, 0.29) is 17.8 Å². The van der Waals surface area contributed by atoms with E-state index in [9.17, 15) is 32.7 Å². The third kappa shape index (κ3) is 3.63. The number of aromatic hydroxyl groups is 1. The molecule has 0 unspecified atom stereocenters. The average Bonchev–Trinajstić information content (AvgIpc) is 3.07. The minimum absolute atomic E-state index is 0.145. The van der Waals surface area contributed by atoms with Gasteiger partial charge < -0.3 is 10.4 Å². The van der Waals surface area contributed by atoms with E-state index in [1.165, 1.54) is 12.1 Å². The Morgan fingerprint density at radius 2 is 1.96 bits per heavy atom. The summed E-state index contributed by atoms with van der Waals surface area (Å²) in [5.74, 6) is -2.40. The number of benzene rings is 1. The molecule has 0 saturated carbocycles. The van der Waals surface area contributed by atoms with Crippen molar-refractivity contribution in [3.8, 4) is 5.88 Å². The Bertz CT molecular complexity index is 1100. The first-order valence-corrected chi connectivity index (χ1v) is 7.33. The molecule has 140 valence electrons. The number of aromatic amines is 2. The van der Waals surface area contributed by atoms with Crippen LogP contribution in [0.5, 0.6) is 5.88 Å². The summed E-state index contributed by atoms with van der Waals surface area (Å²) in [6.07, 6.45) is -3.29.